The van der Waals surface area contributed by atoms with Crippen LogP contribution in [0.1, 0.15) is 109 Å². The van der Waals surface area contributed by atoms with Crippen molar-refractivity contribution in [3.8, 4) is 0 Å². The normalized spacial score (nSPS) is 10.7. The van der Waals surface area contributed by atoms with E-state index in [1.165, 1.54) is 89.9 Å². The molecule has 0 unspecified atom stereocenters. The summed E-state index contributed by atoms with van der Waals surface area (Å²) in [5.41, 5.74) is 5.81. The minimum Gasteiger partial charge on any atom is -0.550 e. The second-order valence-corrected chi connectivity index (χ2v) is 7.99. The van der Waals surface area contributed by atoms with Crippen LogP contribution in [0.15, 0.2) is 0 Å². The zero-order chi connectivity index (χ0) is 20.2. The van der Waals surface area contributed by atoms with Crippen LogP contribution in [0.4, 0.5) is 0 Å². The van der Waals surface area contributed by atoms with E-state index in [4.69, 9.17) is 5.73 Å². The lowest BCUT2D eigenvalue weighted by Crippen LogP contribution is -2.38. The molecule has 0 rings (SSSR count). The third-order valence-electron chi connectivity index (χ3n) is 5.10. The number of carbonyl (C=O) groups is 1. The van der Waals surface area contributed by atoms with Gasteiger partial charge in [-0.25, -0.2) is 0 Å². The van der Waals surface area contributed by atoms with Crippen molar-refractivity contribution in [2.24, 2.45) is 5.73 Å². The standard InChI is InChI=1S/C22H45N3O2/c1-25(2)22(23)24-20-18-16-14-12-10-8-6-4-3-5-7-9-11-13-15-17-19-21(26)27/h3-20H2,1-2H3,(H3,23,24,26,27). The molecule has 0 heterocycles. The molecule has 0 radical (unpaired) electrons. The maximum absolute atomic E-state index is 10.3. The number of aliphatic carboxylic acids is 1. The molecule has 0 amide bonds. The second-order valence-electron chi connectivity index (χ2n) is 7.99. The number of hydrogen-bond donors (Lipinski definition) is 2. The summed E-state index contributed by atoms with van der Waals surface area (Å²) in [6, 6.07) is 0. The smallest absolute Gasteiger partial charge is 0.342 e. The fourth-order valence-corrected chi connectivity index (χ4v) is 3.24. The third-order valence-corrected chi connectivity index (χ3v) is 5.10. The summed E-state index contributed by atoms with van der Waals surface area (Å²) in [6.45, 7) is 0.976. The Labute approximate surface area is 167 Å². The van der Waals surface area contributed by atoms with Crippen LogP contribution < -0.4 is 16.2 Å². The minimum atomic E-state index is -0.910. The lowest BCUT2D eigenvalue weighted by atomic mass is 10.0. The van der Waals surface area contributed by atoms with Gasteiger partial charge in [-0.1, -0.05) is 89.9 Å². The van der Waals surface area contributed by atoms with E-state index in [0.29, 0.717) is 0 Å². The predicted molar refractivity (Wildman–Crippen MR) is 113 cm³/mol. The Morgan fingerprint density at radius 3 is 1.37 bits per heavy atom. The summed E-state index contributed by atoms with van der Waals surface area (Å²) in [6.07, 6.45) is 20.6. The molecule has 5 heteroatoms. The highest BCUT2D eigenvalue weighted by Gasteiger charge is 1.99. The first-order chi connectivity index (χ1) is 13.0. The van der Waals surface area contributed by atoms with Crippen LogP contribution in [-0.2, 0) is 4.79 Å². The van der Waals surface area contributed by atoms with Crippen molar-refractivity contribution in [1.29, 1.82) is 0 Å². The Morgan fingerprint density at radius 1 is 0.704 bits per heavy atom. The van der Waals surface area contributed by atoms with E-state index in [9.17, 15) is 9.90 Å². The zero-order valence-electron chi connectivity index (χ0n) is 18.1. The summed E-state index contributed by atoms with van der Waals surface area (Å²) in [4.78, 5) is 10.3. The van der Waals surface area contributed by atoms with Gasteiger partial charge in [-0.05, 0) is 19.3 Å². The van der Waals surface area contributed by atoms with Gasteiger partial charge in [-0.3, -0.25) is 15.6 Å². The lowest BCUT2D eigenvalue weighted by Gasteiger charge is -2.04. The minimum absolute atomic E-state index is 0.224. The van der Waals surface area contributed by atoms with Crippen LogP contribution in [0.25, 0.3) is 0 Å². The van der Waals surface area contributed by atoms with E-state index >= 15 is 0 Å². The molecule has 0 spiro atoms. The van der Waals surface area contributed by atoms with Gasteiger partial charge >= 0.3 is 5.96 Å². The molecule has 0 aromatic rings. The van der Waals surface area contributed by atoms with Gasteiger partial charge in [0, 0.05) is 5.97 Å². The molecule has 0 aromatic heterocycles. The number of nitrogens with two attached hydrogens (primary N) is 1. The quantitative estimate of drug-likeness (QED) is 0.155. The lowest BCUT2D eigenvalue weighted by molar-refractivity contribution is -0.467. The van der Waals surface area contributed by atoms with Gasteiger partial charge in [-0.2, -0.15) is 0 Å². The van der Waals surface area contributed by atoms with E-state index in [-0.39, 0.29) is 6.42 Å². The molecule has 0 saturated carbocycles. The van der Waals surface area contributed by atoms with Crippen LogP contribution in [-0.4, -0.2) is 37.1 Å². The number of unbranched alkanes of at least 4 members (excludes halogenated alkanes) is 15. The monoisotopic (exact) mass is 383 g/mol. The molecule has 0 fully saturated rings. The van der Waals surface area contributed by atoms with E-state index < -0.39 is 5.97 Å². The van der Waals surface area contributed by atoms with Gasteiger partial charge in [-0.15, -0.1) is 0 Å². The van der Waals surface area contributed by atoms with Crippen LogP contribution >= 0.6 is 0 Å². The number of nitrogens with one attached hydrogen (secondary N) is 1. The molecule has 0 bridgehead atoms. The molecule has 0 atom stereocenters. The van der Waals surface area contributed by atoms with Gasteiger partial charge < -0.3 is 9.90 Å². The fourth-order valence-electron chi connectivity index (χ4n) is 3.24. The highest BCUT2D eigenvalue weighted by molar-refractivity contribution is 5.72. The van der Waals surface area contributed by atoms with Gasteiger partial charge in [0.1, 0.15) is 0 Å². The molecule has 0 aliphatic heterocycles. The van der Waals surface area contributed by atoms with Crippen LogP contribution in [0, 0.1) is 0 Å². The zero-order valence-corrected chi connectivity index (χ0v) is 18.1. The number of carboxylic acid groups (broad SMARTS) is 1. The maximum Gasteiger partial charge on any atom is 0.342 e. The molecule has 0 aliphatic rings. The molecule has 0 saturated heterocycles. The first kappa shape index (κ1) is 25.7. The van der Waals surface area contributed by atoms with Crippen molar-refractivity contribution in [2.45, 2.75) is 109 Å². The number of carboxylic acids is 1. The fraction of sp³-hybridized carbons (Fsp3) is 0.909. The SMILES string of the molecule is C[N+](C)=C(N)NCCCCCCCCCCCCCCCCCCC(=O)[O-]. The number of rotatable bonds is 19. The van der Waals surface area contributed by atoms with E-state index in [1.54, 1.807) is 0 Å². The molecule has 0 aliphatic carbocycles. The largest absolute Gasteiger partial charge is 0.550 e. The Kier molecular flexibility index (Phi) is 18.6. The molecular weight excluding hydrogens is 338 g/mol. The van der Waals surface area contributed by atoms with Crippen LogP contribution in [0.2, 0.25) is 0 Å². The van der Waals surface area contributed by atoms with E-state index in [2.05, 4.69) is 5.32 Å². The summed E-state index contributed by atoms with van der Waals surface area (Å²) >= 11 is 0. The summed E-state index contributed by atoms with van der Waals surface area (Å²) in [5.74, 6) is -0.157. The second kappa shape index (κ2) is 19.5. The Bertz CT molecular complexity index is 380. The van der Waals surface area contributed by atoms with Crippen molar-refractivity contribution in [3.05, 3.63) is 0 Å². The van der Waals surface area contributed by atoms with Crippen LogP contribution in [0.3, 0.4) is 0 Å². The first-order valence-electron chi connectivity index (χ1n) is 11.3. The maximum atomic E-state index is 10.3. The third kappa shape index (κ3) is 20.9. The van der Waals surface area contributed by atoms with Crippen molar-refractivity contribution < 1.29 is 14.5 Å². The number of nitrogens with zero attached hydrogens (tertiary/aromatic N) is 1. The van der Waals surface area contributed by atoms with Gasteiger partial charge in [0.2, 0.25) is 0 Å². The number of hydrogen-bond acceptors (Lipinski definition) is 2. The Hall–Kier alpha value is -1.26. The first-order valence-corrected chi connectivity index (χ1v) is 11.3. The van der Waals surface area contributed by atoms with Gasteiger partial charge in [0.05, 0.1) is 20.6 Å². The van der Waals surface area contributed by atoms with Crippen molar-refractivity contribution in [2.75, 3.05) is 20.6 Å². The average Bonchev–Trinajstić information content (AvgIpc) is 2.63. The molecule has 3 N–H and O–H groups in total. The topological polar surface area (TPSA) is 81.2 Å². The highest BCUT2D eigenvalue weighted by Crippen LogP contribution is 2.13. The Balaban J connectivity index is 3.09. The molecule has 0 aromatic carbocycles. The highest BCUT2D eigenvalue weighted by atomic mass is 16.4. The summed E-state index contributed by atoms with van der Waals surface area (Å²) < 4.78 is 1.91. The van der Waals surface area contributed by atoms with E-state index in [1.807, 2.05) is 18.7 Å². The van der Waals surface area contributed by atoms with Crippen molar-refractivity contribution in [3.63, 3.8) is 0 Å². The van der Waals surface area contributed by atoms with Gasteiger partial charge in [0.15, 0.2) is 0 Å². The molecule has 5 nitrogen and oxygen atoms in total. The van der Waals surface area contributed by atoms with Crippen molar-refractivity contribution in [1.82, 2.24) is 5.32 Å². The van der Waals surface area contributed by atoms with Crippen LogP contribution in [0.5, 0.6) is 0 Å². The molecule has 160 valence electrons. The Morgan fingerprint density at radius 2 is 1.04 bits per heavy atom. The molecule has 27 heavy (non-hydrogen) atoms. The molecular formula is C22H45N3O2. The predicted octanol–water partition coefficient (Wildman–Crippen LogP) is 3.54. The number of guanidine groups is 1. The van der Waals surface area contributed by atoms with E-state index in [0.717, 1.165) is 25.3 Å². The van der Waals surface area contributed by atoms with Gasteiger partial charge in [0.25, 0.3) is 0 Å². The van der Waals surface area contributed by atoms with Crippen molar-refractivity contribution >= 4 is 11.9 Å². The summed E-state index contributed by atoms with van der Waals surface area (Å²) in [7, 11) is 3.90. The summed E-state index contributed by atoms with van der Waals surface area (Å²) in [5, 5.41) is 13.5. The average molecular weight is 384 g/mol. The number of carbonyl (C=O) groups excluding carboxylic acids is 1.